The van der Waals surface area contributed by atoms with Gasteiger partial charge in [0.25, 0.3) is 0 Å². The van der Waals surface area contributed by atoms with Crippen LogP contribution in [0.3, 0.4) is 0 Å². The van der Waals surface area contributed by atoms with Gasteiger partial charge in [-0.25, -0.2) is 0 Å². The van der Waals surface area contributed by atoms with Crippen LogP contribution in [0.25, 0.3) is 0 Å². The first-order valence-electron chi connectivity index (χ1n) is 4.08. The molecule has 0 spiro atoms. The summed E-state index contributed by atoms with van der Waals surface area (Å²) in [6.45, 7) is 6.41. The molecule has 0 saturated heterocycles. The number of aryl methyl sites for hydroxylation is 1. The number of benzene rings is 1. The Morgan fingerprint density at radius 1 is 1.17 bits per heavy atom. The molecule has 2 heteroatoms. The molecule has 0 aliphatic rings. The molecular formula is C10H15NS. The average Bonchev–Trinajstić information content (AvgIpc) is 2.07. The molecule has 1 nitrogen and oxygen atoms in total. The van der Waals surface area contributed by atoms with E-state index in [1.54, 1.807) is 0 Å². The molecule has 0 radical (unpaired) electrons. The number of thiol groups is 1. The van der Waals surface area contributed by atoms with Gasteiger partial charge in [-0.1, -0.05) is 6.07 Å². The predicted octanol–water partition coefficient (Wildman–Crippen LogP) is 2.91. The van der Waals surface area contributed by atoms with Gasteiger partial charge in [-0.2, -0.15) is 12.6 Å². The van der Waals surface area contributed by atoms with E-state index >= 15 is 0 Å². The summed E-state index contributed by atoms with van der Waals surface area (Å²) in [6, 6.07) is 4.24. The fraction of sp³-hybridized carbons (Fsp3) is 0.400. The van der Waals surface area contributed by atoms with Gasteiger partial charge in [0.15, 0.2) is 0 Å². The Morgan fingerprint density at radius 3 is 2.42 bits per heavy atom. The highest BCUT2D eigenvalue weighted by atomic mass is 32.1. The Balaban J connectivity index is 3.08. The zero-order valence-electron chi connectivity index (χ0n) is 7.81. The standard InChI is InChI=1S/C10H15NS/c1-7-4-5-10(11-6-12)9(3)8(7)2/h4-5,11-12H,6H2,1-3H3. The maximum absolute atomic E-state index is 4.13. The smallest absolute Gasteiger partial charge is 0.0581 e. The molecular weight excluding hydrogens is 166 g/mol. The average molecular weight is 181 g/mol. The molecule has 0 bridgehead atoms. The summed E-state index contributed by atoms with van der Waals surface area (Å²) in [5.41, 5.74) is 5.22. The molecule has 0 saturated carbocycles. The Labute approximate surface area is 79.6 Å². The third kappa shape index (κ3) is 1.75. The lowest BCUT2D eigenvalue weighted by Gasteiger charge is -2.11. The van der Waals surface area contributed by atoms with Crippen LogP contribution in [0.15, 0.2) is 12.1 Å². The van der Waals surface area contributed by atoms with Crippen LogP contribution in [0.2, 0.25) is 0 Å². The van der Waals surface area contributed by atoms with Crippen molar-refractivity contribution in [2.75, 3.05) is 11.2 Å². The van der Waals surface area contributed by atoms with Gasteiger partial charge >= 0.3 is 0 Å². The van der Waals surface area contributed by atoms with Crippen molar-refractivity contribution < 1.29 is 0 Å². The molecule has 1 aromatic rings. The van der Waals surface area contributed by atoms with Crippen LogP contribution < -0.4 is 5.32 Å². The van der Waals surface area contributed by atoms with Crippen molar-refractivity contribution in [2.45, 2.75) is 20.8 Å². The van der Waals surface area contributed by atoms with E-state index in [4.69, 9.17) is 0 Å². The third-order valence-electron chi connectivity index (χ3n) is 2.33. The molecule has 0 unspecified atom stereocenters. The zero-order chi connectivity index (χ0) is 9.14. The summed E-state index contributed by atoms with van der Waals surface area (Å²) >= 11 is 4.13. The van der Waals surface area contributed by atoms with Crippen LogP contribution in [-0.2, 0) is 0 Å². The third-order valence-corrected chi connectivity index (χ3v) is 2.49. The summed E-state index contributed by atoms with van der Waals surface area (Å²) in [5, 5.41) is 3.21. The molecule has 1 aromatic carbocycles. The van der Waals surface area contributed by atoms with Gasteiger partial charge in [0.2, 0.25) is 0 Å². The van der Waals surface area contributed by atoms with Gasteiger partial charge < -0.3 is 5.32 Å². The van der Waals surface area contributed by atoms with E-state index in [9.17, 15) is 0 Å². The van der Waals surface area contributed by atoms with Crippen molar-refractivity contribution in [3.8, 4) is 0 Å². The number of anilines is 1. The summed E-state index contributed by atoms with van der Waals surface area (Å²) in [4.78, 5) is 0. The van der Waals surface area contributed by atoms with Crippen molar-refractivity contribution in [1.29, 1.82) is 0 Å². The Hall–Kier alpha value is -0.630. The Bertz CT molecular complexity index is 281. The lowest BCUT2D eigenvalue weighted by Crippen LogP contribution is -1.99. The maximum Gasteiger partial charge on any atom is 0.0581 e. The quantitative estimate of drug-likeness (QED) is 0.528. The lowest BCUT2D eigenvalue weighted by molar-refractivity contribution is 1.25. The molecule has 0 aliphatic carbocycles. The first kappa shape index (κ1) is 9.46. The highest BCUT2D eigenvalue weighted by Crippen LogP contribution is 2.21. The summed E-state index contributed by atoms with van der Waals surface area (Å²) in [6.07, 6.45) is 0. The molecule has 0 aliphatic heterocycles. The highest BCUT2D eigenvalue weighted by molar-refractivity contribution is 7.80. The molecule has 0 atom stereocenters. The van der Waals surface area contributed by atoms with Crippen molar-refractivity contribution in [3.05, 3.63) is 28.8 Å². The van der Waals surface area contributed by atoms with Gasteiger partial charge in [-0.15, -0.1) is 0 Å². The maximum atomic E-state index is 4.13. The van der Waals surface area contributed by atoms with E-state index in [2.05, 4.69) is 50.8 Å². The summed E-state index contributed by atoms with van der Waals surface area (Å²) < 4.78 is 0. The second-order valence-electron chi connectivity index (χ2n) is 3.01. The van der Waals surface area contributed by atoms with Crippen molar-refractivity contribution in [1.82, 2.24) is 0 Å². The molecule has 0 fully saturated rings. The molecule has 1 rings (SSSR count). The fourth-order valence-electron chi connectivity index (χ4n) is 1.23. The minimum Gasteiger partial charge on any atom is -0.376 e. The normalized spacial score (nSPS) is 10.0. The summed E-state index contributed by atoms with van der Waals surface area (Å²) in [7, 11) is 0. The minimum atomic E-state index is 0.684. The number of rotatable bonds is 2. The van der Waals surface area contributed by atoms with Crippen LogP contribution in [0.4, 0.5) is 5.69 Å². The number of hydrogen-bond acceptors (Lipinski definition) is 2. The van der Waals surface area contributed by atoms with E-state index in [0.29, 0.717) is 5.88 Å². The van der Waals surface area contributed by atoms with Crippen LogP contribution in [0.1, 0.15) is 16.7 Å². The van der Waals surface area contributed by atoms with Gasteiger partial charge in [0.05, 0.1) is 5.88 Å². The molecule has 0 aromatic heterocycles. The van der Waals surface area contributed by atoms with E-state index in [1.165, 1.54) is 22.4 Å². The van der Waals surface area contributed by atoms with Gasteiger partial charge in [-0.05, 0) is 43.5 Å². The SMILES string of the molecule is Cc1ccc(NCS)c(C)c1C. The van der Waals surface area contributed by atoms with Crippen LogP contribution in [0.5, 0.6) is 0 Å². The van der Waals surface area contributed by atoms with Gasteiger partial charge in [-0.3, -0.25) is 0 Å². The fourth-order valence-corrected chi connectivity index (χ4v) is 1.40. The van der Waals surface area contributed by atoms with Gasteiger partial charge in [0.1, 0.15) is 0 Å². The molecule has 0 heterocycles. The van der Waals surface area contributed by atoms with E-state index < -0.39 is 0 Å². The van der Waals surface area contributed by atoms with Crippen molar-refractivity contribution in [2.24, 2.45) is 0 Å². The Kier molecular flexibility index (Phi) is 3.04. The number of nitrogens with one attached hydrogen (secondary N) is 1. The first-order valence-corrected chi connectivity index (χ1v) is 4.71. The minimum absolute atomic E-state index is 0.684. The second-order valence-corrected chi connectivity index (χ2v) is 3.33. The van der Waals surface area contributed by atoms with E-state index in [0.717, 1.165) is 0 Å². The van der Waals surface area contributed by atoms with E-state index in [-0.39, 0.29) is 0 Å². The summed E-state index contributed by atoms with van der Waals surface area (Å²) in [5.74, 6) is 0.684. The first-order chi connectivity index (χ1) is 5.66. The van der Waals surface area contributed by atoms with Crippen LogP contribution >= 0.6 is 12.6 Å². The predicted molar refractivity (Wildman–Crippen MR) is 58.1 cm³/mol. The molecule has 0 amide bonds. The lowest BCUT2D eigenvalue weighted by atomic mass is 10.0. The number of hydrogen-bond donors (Lipinski definition) is 2. The second kappa shape index (κ2) is 3.85. The monoisotopic (exact) mass is 181 g/mol. The van der Waals surface area contributed by atoms with Crippen molar-refractivity contribution in [3.63, 3.8) is 0 Å². The zero-order valence-corrected chi connectivity index (χ0v) is 8.70. The van der Waals surface area contributed by atoms with Crippen molar-refractivity contribution >= 4 is 18.3 Å². The largest absolute Gasteiger partial charge is 0.376 e. The van der Waals surface area contributed by atoms with Crippen LogP contribution in [-0.4, -0.2) is 5.88 Å². The highest BCUT2D eigenvalue weighted by Gasteiger charge is 2.01. The van der Waals surface area contributed by atoms with Gasteiger partial charge in [0, 0.05) is 5.69 Å². The van der Waals surface area contributed by atoms with E-state index in [1.807, 2.05) is 0 Å². The molecule has 12 heavy (non-hydrogen) atoms. The van der Waals surface area contributed by atoms with Crippen LogP contribution in [0, 0.1) is 20.8 Å². The topological polar surface area (TPSA) is 12.0 Å². The molecule has 66 valence electrons. The Morgan fingerprint density at radius 2 is 1.83 bits per heavy atom. The molecule has 1 N–H and O–H groups in total.